The fourth-order valence-electron chi connectivity index (χ4n) is 2.16. The highest BCUT2D eigenvalue weighted by Gasteiger charge is 2.27. The number of rotatable bonds is 3. The molecule has 1 heterocycles. The Balaban J connectivity index is 2.29. The topological polar surface area (TPSA) is 60.9 Å². The van der Waals surface area contributed by atoms with Crippen molar-refractivity contribution in [3.8, 4) is 0 Å². The first-order valence-electron chi connectivity index (χ1n) is 6.34. The molecule has 0 atom stereocenters. The zero-order valence-corrected chi connectivity index (χ0v) is 12.2. The molecular weight excluding hydrogens is 264 g/mol. The molecule has 1 N–H and O–H groups in total. The maximum atomic E-state index is 12.5. The van der Waals surface area contributed by atoms with Gasteiger partial charge in [0, 0.05) is 26.2 Å². The van der Waals surface area contributed by atoms with Crippen LogP contribution in [0.4, 0.5) is 0 Å². The summed E-state index contributed by atoms with van der Waals surface area (Å²) in [6.07, 6.45) is 0. The summed E-state index contributed by atoms with van der Waals surface area (Å²) in [5.74, 6) is 0. The fourth-order valence-corrected chi connectivity index (χ4v) is 3.63. The summed E-state index contributed by atoms with van der Waals surface area (Å²) in [6.45, 7) is 4.24. The average molecular weight is 284 g/mol. The number of aliphatic hydroxyl groups is 1. The smallest absolute Gasteiger partial charge is 0.243 e. The number of aryl methyl sites for hydroxylation is 1. The van der Waals surface area contributed by atoms with Gasteiger partial charge in [0.05, 0.1) is 11.5 Å². The van der Waals surface area contributed by atoms with Crippen LogP contribution in [0.25, 0.3) is 0 Å². The Kier molecular flexibility index (Phi) is 4.25. The monoisotopic (exact) mass is 284 g/mol. The third-order valence-electron chi connectivity index (χ3n) is 3.59. The van der Waals surface area contributed by atoms with Crippen molar-refractivity contribution in [3.05, 3.63) is 29.3 Å². The zero-order chi connectivity index (χ0) is 14.0. The van der Waals surface area contributed by atoms with Crippen LogP contribution in [-0.2, 0) is 16.6 Å². The summed E-state index contributed by atoms with van der Waals surface area (Å²) < 4.78 is 26.5. The minimum atomic E-state index is -3.44. The van der Waals surface area contributed by atoms with E-state index in [9.17, 15) is 13.5 Å². The molecule has 106 valence electrons. The number of piperazine rings is 1. The number of hydrogen-bond acceptors (Lipinski definition) is 4. The molecule has 2 rings (SSSR count). The summed E-state index contributed by atoms with van der Waals surface area (Å²) in [5.41, 5.74) is 1.56. The molecule has 0 unspecified atom stereocenters. The first kappa shape index (κ1) is 14.5. The highest BCUT2D eigenvalue weighted by Crippen LogP contribution is 2.20. The predicted octanol–water partition coefficient (Wildman–Crippen LogP) is 0.423. The zero-order valence-electron chi connectivity index (χ0n) is 11.3. The molecule has 1 aromatic carbocycles. The fraction of sp³-hybridized carbons (Fsp3) is 0.538. The van der Waals surface area contributed by atoms with E-state index in [4.69, 9.17) is 0 Å². The number of hydrogen-bond donors (Lipinski definition) is 1. The standard InChI is InChI=1S/C13H20N2O3S/c1-11-3-4-13(9-12(11)10-16)19(17,18)15-7-5-14(2)6-8-15/h3-4,9,16H,5-8,10H2,1-2H3. The summed E-state index contributed by atoms with van der Waals surface area (Å²) in [5, 5.41) is 9.24. The lowest BCUT2D eigenvalue weighted by Crippen LogP contribution is -2.47. The van der Waals surface area contributed by atoms with Crippen LogP contribution in [-0.4, -0.2) is 56.0 Å². The van der Waals surface area contributed by atoms with Gasteiger partial charge in [0.1, 0.15) is 0 Å². The van der Waals surface area contributed by atoms with Crippen LogP contribution in [0.3, 0.4) is 0 Å². The second-order valence-electron chi connectivity index (χ2n) is 4.95. The molecule has 0 saturated carbocycles. The van der Waals surface area contributed by atoms with Gasteiger partial charge in [-0.3, -0.25) is 0 Å². The third-order valence-corrected chi connectivity index (χ3v) is 5.49. The van der Waals surface area contributed by atoms with Gasteiger partial charge in [-0.2, -0.15) is 4.31 Å². The van der Waals surface area contributed by atoms with Crippen LogP contribution in [0, 0.1) is 6.92 Å². The summed E-state index contributed by atoms with van der Waals surface area (Å²) in [6, 6.07) is 4.93. The van der Waals surface area contributed by atoms with Crippen LogP contribution in [0.5, 0.6) is 0 Å². The molecule has 0 aliphatic carbocycles. The van der Waals surface area contributed by atoms with Gasteiger partial charge in [-0.1, -0.05) is 6.07 Å². The van der Waals surface area contributed by atoms with Gasteiger partial charge in [0.25, 0.3) is 0 Å². The number of benzene rings is 1. The van der Waals surface area contributed by atoms with Crippen molar-refractivity contribution >= 4 is 10.0 Å². The Morgan fingerprint density at radius 1 is 1.21 bits per heavy atom. The Bertz CT molecular complexity index is 549. The van der Waals surface area contributed by atoms with Gasteiger partial charge in [-0.15, -0.1) is 0 Å². The lowest BCUT2D eigenvalue weighted by atomic mass is 10.1. The summed E-state index contributed by atoms with van der Waals surface area (Å²) in [7, 11) is -1.45. The molecule has 1 aliphatic rings. The molecular formula is C13H20N2O3S. The maximum absolute atomic E-state index is 12.5. The van der Waals surface area contributed by atoms with Crippen molar-refractivity contribution in [2.45, 2.75) is 18.4 Å². The number of nitrogens with zero attached hydrogens (tertiary/aromatic N) is 2. The molecule has 0 radical (unpaired) electrons. The van der Waals surface area contributed by atoms with Crippen molar-refractivity contribution in [3.63, 3.8) is 0 Å². The normalized spacial score (nSPS) is 18.7. The van der Waals surface area contributed by atoms with Crippen LogP contribution in [0.1, 0.15) is 11.1 Å². The maximum Gasteiger partial charge on any atom is 0.243 e. The largest absolute Gasteiger partial charge is 0.392 e. The Morgan fingerprint density at radius 3 is 2.42 bits per heavy atom. The minimum absolute atomic E-state index is 0.141. The molecule has 6 heteroatoms. The van der Waals surface area contributed by atoms with Gasteiger partial charge < -0.3 is 10.0 Å². The Hall–Kier alpha value is -0.950. The Morgan fingerprint density at radius 2 is 1.84 bits per heavy atom. The van der Waals surface area contributed by atoms with E-state index in [2.05, 4.69) is 4.90 Å². The van der Waals surface area contributed by atoms with Gasteiger partial charge >= 0.3 is 0 Å². The summed E-state index contributed by atoms with van der Waals surface area (Å²) in [4.78, 5) is 2.38. The van der Waals surface area contributed by atoms with Gasteiger partial charge in [0.15, 0.2) is 0 Å². The van der Waals surface area contributed by atoms with Gasteiger partial charge in [0.2, 0.25) is 10.0 Å². The SMILES string of the molecule is Cc1ccc(S(=O)(=O)N2CCN(C)CC2)cc1CO. The van der Waals surface area contributed by atoms with E-state index in [-0.39, 0.29) is 11.5 Å². The average Bonchev–Trinajstić information content (AvgIpc) is 2.39. The van der Waals surface area contributed by atoms with Crippen molar-refractivity contribution in [2.24, 2.45) is 0 Å². The van der Waals surface area contributed by atoms with Crippen molar-refractivity contribution < 1.29 is 13.5 Å². The molecule has 1 aromatic rings. The first-order chi connectivity index (χ1) is 8.95. The molecule has 0 bridgehead atoms. The first-order valence-corrected chi connectivity index (χ1v) is 7.78. The second kappa shape index (κ2) is 5.58. The lowest BCUT2D eigenvalue weighted by molar-refractivity contribution is 0.222. The van der Waals surface area contributed by atoms with Crippen LogP contribution < -0.4 is 0 Å². The van der Waals surface area contributed by atoms with Gasteiger partial charge in [-0.05, 0) is 37.2 Å². The van der Waals surface area contributed by atoms with Crippen LogP contribution >= 0.6 is 0 Å². The number of likely N-dealkylation sites (N-methyl/N-ethyl adjacent to an activating group) is 1. The van der Waals surface area contributed by atoms with Crippen LogP contribution in [0.2, 0.25) is 0 Å². The molecule has 19 heavy (non-hydrogen) atoms. The second-order valence-corrected chi connectivity index (χ2v) is 6.89. The highest BCUT2D eigenvalue weighted by atomic mass is 32.2. The van der Waals surface area contributed by atoms with E-state index in [1.54, 1.807) is 18.2 Å². The van der Waals surface area contributed by atoms with E-state index in [0.717, 1.165) is 18.7 Å². The van der Waals surface area contributed by atoms with Crippen molar-refractivity contribution in [1.29, 1.82) is 0 Å². The highest BCUT2D eigenvalue weighted by molar-refractivity contribution is 7.89. The lowest BCUT2D eigenvalue weighted by Gasteiger charge is -2.31. The van der Waals surface area contributed by atoms with E-state index in [0.29, 0.717) is 18.7 Å². The van der Waals surface area contributed by atoms with E-state index >= 15 is 0 Å². The number of sulfonamides is 1. The number of aliphatic hydroxyl groups excluding tert-OH is 1. The summed E-state index contributed by atoms with van der Waals surface area (Å²) >= 11 is 0. The molecule has 5 nitrogen and oxygen atoms in total. The van der Waals surface area contributed by atoms with E-state index < -0.39 is 10.0 Å². The molecule has 1 fully saturated rings. The molecule has 1 aliphatic heterocycles. The van der Waals surface area contributed by atoms with Crippen LogP contribution in [0.15, 0.2) is 23.1 Å². The van der Waals surface area contributed by atoms with E-state index in [1.165, 1.54) is 4.31 Å². The van der Waals surface area contributed by atoms with Gasteiger partial charge in [-0.25, -0.2) is 8.42 Å². The third kappa shape index (κ3) is 2.97. The quantitative estimate of drug-likeness (QED) is 0.874. The molecule has 1 saturated heterocycles. The predicted molar refractivity (Wildman–Crippen MR) is 73.4 cm³/mol. The molecule has 0 amide bonds. The van der Waals surface area contributed by atoms with Crippen molar-refractivity contribution in [2.75, 3.05) is 33.2 Å². The minimum Gasteiger partial charge on any atom is -0.392 e. The molecule has 0 spiro atoms. The Labute approximate surface area is 114 Å². The van der Waals surface area contributed by atoms with Crippen molar-refractivity contribution in [1.82, 2.24) is 9.21 Å². The molecule has 0 aromatic heterocycles. The van der Waals surface area contributed by atoms with E-state index in [1.807, 2.05) is 14.0 Å².